The molecule has 0 radical (unpaired) electrons. The lowest BCUT2D eigenvalue weighted by Crippen LogP contribution is -2.42. The molecule has 0 aromatic heterocycles. The van der Waals surface area contributed by atoms with Gasteiger partial charge in [0, 0.05) is 31.9 Å². The summed E-state index contributed by atoms with van der Waals surface area (Å²) in [5.41, 5.74) is 2.25. The topological polar surface area (TPSA) is 77.0 Å². The highest BCUT2D eigenvalue weighted by atomic mass is 16.3. The van der Waals surface area contributed by atoms with Crippen LogP contribution in [0, 0.1) is 11.8 Å². The fourth-order valence-corrected chi connectivity index (χ4v) is 3.76. The molecule has 156 valence electrons. The molecule has 3 N–H and O–H groups in total. The van der Waals surface area contributed by atoms with Gasteiger partial charge < -0.3 is 20.6 Å². The van der Waals surface area contributed by atoms with E-state index in [0.717, 1.165) is 51.0 Å². The van der Waals surface area contributed by atoms with E-state index in [1.165, 1.54) is 5.56 Å². The number of rotatable bonds is 9. The number of guanidine groups is 1. The molecular weight excluding hydrogens is 352 g/mol. The molecule has 0 saturated carbocycles. The number of aliphatic hydroxyl groups is 1. The van der Waals surface area contributed by atoms with Crippen molar-refractivity contribution in [2.24, 2.45) is 16.8 Å². The highest BCUT2D eigenvalue weighted by molar-refractivity contribution is 5.97. The van der Waals surface area contributed by atoms with E-state index in [0.29, 0.717) is 17.8 Å². The van der Waals surface area contributed by atoms with E-state index in [1.54, 1.807) is 0 Å². The van der Waals surface area contributed by atoms with Crippen molar-refractivity contribution in [2.45, 2.75) is 46.5 Å². The first-order chi connectivity index (χ1) is 13.5. The first-order valence-electron chi connectivity index (χ1n) is 10.6. The average Bonchev–Trinajstić information content (AvgIpc) is 2.69. The van der Waals surface area contributed by atoms with Crippen molar-refractivity contribution in [2.75, 3.05) is 37.7 Å². The number of aryl methyl sites for hydroxylation is 1. The summed E-state index contributed by atoms with van der Waals surface area (Å²) in [6.45, 7) is 8.95. The summed E-state index contributed by atoms with van der Waals surface area (Å²) >= 11 is 0. The van der Waals surface area contributed by atoms with Gasteiger partial charge in [0.25, 0.3) is 0 Å². The predicted octanol–water partition coefficient (Wildman–Crippen LogP) is 2.57. The van der Waals surface area contributed by atoms with Crippen molar-refractivity contribution in [1.29, 1.82) is 0 Å². The number of hydrogen-bond acceptors (Lipinski definition) is 3. The van der Waals surface area contributed by atoms with Crippen LogP contribution in [0.25, 0.3) is 0 Å². The highest BCUT2D eigenvalue weighted by Crippen LogP contribution is 2.26. The minimum Gasteiger partial charge on any atom is -0.396 e. The third-order valence-corrected chi connectivity index (χ3v) is 5.03. The van der Waals surface area contributed by atoms with E-state index in [2.05, 4.69) is 35.5 Å². The number of carbonyl (C=O) groups is 1. The molecule has 1 amide bonds. The monoisotopic (exact) mass is 388 g/mol. The molecule has 1 atom stereocenters. The lowest BCUT2D eigenvalue weighted by molar-refractivity contribution is -0.117. The van der Waals surface area contributed by atoms with Crippen LogP contribution in [0.1, 0.15) is 45.6 Å². The molecule has 1 aromatic carbocycles. The van der Waals surface area contributed by atoms with Crippen molar-refractivity contribution in [3.63, 3.8) is 0 Å². The Balaban J connectivity index is 1.97. The normalized spacial score (nSPS) is 15.3. The number of hydrogen-bond donors (Lipinski definition) is 3. The van der Waals surface area contributed by atoms with Gasteiger partial charge in [-0.1, -0.05) is 32.0 Å². The summed E-state index contributed by atoms with van der Waals surface area (Å²) in [7, 11) is 0. The molecule has 1 unspecified atom stereocenters. The van der Waals surface area contributed by atoms with Crippen LogP contribution in [-0.2, 0) is 11.2 Å². The number of aliphatic imine (C=N–C) groups is 1. The maximum atomic E-state index is 12.8. The molecule has 0 aliphatic carbocycles. The third-order valence-electron chi connectivity index (χ3n) is 5.03. The standard InChI is InChI=1S/C22H36N4O2/c1-4-23-22(24-15-18(11-13-27)14-17(2)3)25-16-21(28)26-12-7-9-19-8-5-6-10-20(19)26/h5-6,8,10,17-18,27H,4,7,9,11-16H2,1-3H3,(H2,23,24,25). The SMILES string of the molecule is CCNC(=NCC(=O)N1CCCc2ccccc21)NCC(CCO)CC(C)C. The number of nitrogens with zero attached hydrogens (tertiary/aromatic N) is 2. The van der Waals surface area contributed by atoms with Crippen molar-refractivity contribution in [3.05, 3.63) is 29.8 Å². The molecule has 0 bridgehead atoms. The Hall–Kier alpha value is -2.08. The fourth-order valence-electron chi connectivity index (χ4n) is 3.76. The van der Waals surface area contributed by atoms with Crippen LogP contribution in [0.15, 0.2) is 29.3 Å². The van der Waals surface area contributed by atoms with Crippen molar-refractivity contribution < 1.29 is 9.90 Å². The maximum Gasteiger partial charge on any atom is 0.248 e. The van der Waals surface area contributed by atoms with E-state index < -0.39 is 0 Å². The van der Waals surface area contributed by atoms with Crippen LogP contribution >= 0.6 is 0 Å². The van der Waals surface area contributed by atoms with E-state index in [4.69, 9.17) is 0 Å². The van der Waals surface area contributed by atoms with Gasteiger partial charge in [-0.05, 0) is 56.1 Å². The molecule has 6 nitrogen and oxygen atoms in total. The van der Waals surface area contributed by atoms with E-state index in [-0.39, 0.29) is 19.1 Å². The molecule has 6 heteroatoms. The van der Waals surface area contributed by atoms with Crippen molar-refractivity contribution >= 4 is 17.6 Å². The van der Waals surface area contributed by atoms with Crippen LogP contribution in [0.3, 0.4) is 0 Å². The third kappa shape index (κ3) is 6.82. The molecule has 1 aliphatic rings. The molecule has 0 fully saturated rings. The molecule has 28 heavy (non-hydrogen) atoms. The number of carbonyl (C=O) groups excluding carboxylic acids is 1. The summed E-state index contributed by atoms with van der Waals surface area (Å²) in [4.78, 5) is 19.2. The van der Waals surface area contributed by atoms with Gasteiger partial charge in [-0.3, -0.25) is 4.79 Å². The molecule has 1 aromatic rings. The summed E-state index contributed by atoms with van der Waals surface area (Å²) in [5.74, 6) is 1.66. The van der Waals surface area contributed by atoms with Crippen LogP contribution < -0.4 is 15.5 Å². The van der Waals surface area contributed by atoms with Gasteiger partial charge in [-0.2, -0.15) is 0 Å². The van der Waals surface area contributed by atoms with Gasteiger partial charge >= 0.3 is 0 Å². The highest BCUT2D eigenvalue weighted by Gasteiger charge is 2.21. The van der Waals surface area contributed by atoms with Crippen molar-refractivity contribution in [1.82, 2.24) is 10.6 Å². The first-order valence-corrected chi connectivity index (χ1v) is 10.6. The van der Waals surface area contributed by atoms with Crippen LogP contribution in [0.4, 0.5) is 5.69 Å². The minimum atomic E-state index is 0.0263. The summed E-state index contributed by atoms with van der Waals surface area (Å²) in [5, 5.41) is 15.9. The number of nitrogens with one attached hydrogen (secondary N) is 2. The van der Waals surface area contributed by atoms with Crippen LogP contribution in [0.2, 0.25) is 0 Å². The number of benzene rings is 1. The minimum absolute atomic E-state index is 0.0263. The number of anilines is 1. The van der Waals surface area contributed by atoms with Gasteiger partial charge in [-0.15, -0.1) is 0 Å². The Morgan fingerprint density at radius 2 is 2.07 bits per heavy atom. The average molecular weight is 389 g/mol. The molecular formula is C22H36N4O2. The lowest BCUT2D eigenvalue weighted by Gasteiger charge is -2.29. The van der Waals surface area contributed by atoms with E-state index in [9.17, 15) is 9.90 Å². The zero-order chi connectivity index (χ0) is 20.4. The number of fused-ring (bicyclic) bond motifs is 1. The van der Waals surface area contributed by atoms with E-state index in [1.807, 2.05) is 30.0 Å². The second-order valence-corrected chi connectivity index (χ2v) is 7.86. The Bertz CT molecular complexity index is 645. The Morgan fingerprint density at radius 3 is 2.79 bits per heavy atom. The quantitative estimate of drug-likeness (QED) is 0.449. The first kappa shape index (κ1) is 22.2. The largest absolute Gasteiger partial charge is 0.396 e. The number of amides is 1. The summed E-state index contributed by atoms with van der Waals surface area (Å²) in [6, 6.07) is 8.12. The zero-order valence-corrected chi connectivity index (χ0v) is 17.6. The fraction of sp³-hybridized carbons (Fsp3) is 0.636. The maximum absolute atomic E-state index is 12.8. The number of aliphatic hydroxyl groups excluding tert-OH is 1. The second-order valence-electron chi connectivity index (χ2n) is 7.86. The Labute approximate surface area is 169 Å². The molecule has 0 spiro atoms. The van der Waals surface area contributed by atoms with E-state index >= 15 is 0 Å². The number of para-hydroxylation sites is 1. The second kappa shape index (κ2) is 11.7. The molecule has 0 saturated heterocycles. The van der Waals surface area contributed by atoms with Gasteiger partial charge in [0.1, 0.15) is 6.54 Å². The van der Waals surface area contributed by atoms with Gasteiger partial charge in [0.2, 0.25) is 5.91 Å². The molecule has 2 rings (SSSR count). The van der Waals surface area contributed by atoms with Crippen molar-refractivity contribution in [3.8, 4) is 0 Å². The van der Waals surface area contributed by atoms with Gasteiger partial charge in [0.15, 0.2) is 5.96 Å². The van der Waals surface area contributed by atoms with Crippen LogP contribution in [-0.4, -0.2) is 49.8 Å². The summed E-state index contributed by atoms with van der Waals surface area (Å²) < 4.78 is 0. The molecule has 1 heterocycles. The smallest absolute Gasteiger partial charge is 0.248 e. The Kier molecular flexibility index (Phi) is 9.28. The predicted molar refractivity (Wildman–Crippen MR) is 116 cm³/mol. The lowest BCUT2D eigenvalue weighted by atomic mass is 9.94. The Morgan fingerprint density at radius 1 is 1.29 bits per heavy atom. The zero-order valence-electron chi connectivity index (χ0n) is 17.6. The summed E-state index contributed by atoms with van der Waals surface area (Å²) in [6.07, 6.45) is 3.84. The van der Waals surface area contributed by atoms with Gasteiger partial charge in [-0.25, -0.2) is 4.99 Å². The van der Waals surface area contributed by atoms with Gasteiger partial charge in [0.05, 0.1) is 0 Å². The van der Waals surface area contributed by atoms with Crippen LogP contribution in [0.5, 0.6) is 0 Å². The molecule has 1 aliphatic heterocycles.